The van der Waals surface area contributed by atoms with E-state index in [-0.39, 0.29) is 5.69 Å². The van der Waals surface area contributed by atoms with Crippen LogP contribution in [0.15, 0.2) is 23.1 Å². The molecule has 0 amide bonds. The van der Waals surface area contributed by atoms with E-state index in [2.05, 4.69) is 9.97 Å². The van der Waals surface area contributed by atoms with E-state index in [4.69, 9.17) is 4.74 Å². The predicted octanol–water partition coefficient (Wildman–Crippen LogP) is 0.337. The number of rotatable bonds is 1. The molecule has 14 heavy (non-hydrogen) atoms. The average Bonchev–Trinajstić information content (AvgIpc) is 2.23. The molecule has 2 rings (SSSR count). The lowest BCUT2D eigenvalue weighted by Gasteiger charge is -2.03. The number of nitrogens with zero attached hydrogens (tertiary/aromatic N) is 3. The molecule has 2 aromatic rings. The standard InChI is InChI=1S/C9H9N3O2/c1-12-7-3-4-8(14-2)11-6(7)5-10-9(12)13/h3-5H,1-2H3. The summed E-state index contributed by atoms with van der Waals surface area (Å²) >= 11 is 0. The summed E-state index contributed by atoms with van der Waals surface area (Å²) in [4.78, 5) is 19.0. The molecule has 0 unspecified atom stereocenters. The molecule has 0 aromatic carbocycles. The van der Waals surface area contributed by atoms with Crippen molar-refractivity contribution in [3.05, 3.63) is 28.8 Å². The van der Waals surface area contributed by atoms with Crippen LogP contribution in [0, 0.1) is 0 Å². The molecular formula is C9H9N3O2. The van der Waals surface area contributed by atoms with Gasteiger partial charge in [-0.25, -0.2) is 9.78 Å². The van der Waals surface area contributed by atoms with E-state index in [9.17, 15) is 4.79 Å². The van der Waals surface area contributed by atoms with Crippen molar-refractivity contribution in [3.8, 4) is 5.88 Å². The summed E-state index contributed by atoms with van der Waals surface area (Å²) < 4.78 is 6.41. The molecule has 0 aliphatic heterocycles. The van der Waals surface area contributed by atoms with Crippen molar-refractivity contribution in [1.29, 1.82) is 0 Å². The van der Waals surface area contributed by atoms with Crippen LogP contribution in [0.1, 0.15) is 0 Å². The van der Waals surface area contributed by atoms with Crippen molar-refractivity contribution in [2.24, 2.45) is 7.05 Å². The number of ether oxygens (including phenoxy) is 1. The molecular weight excluding hydrogens is 182 g/mol. The number of aryl methyl sites for hydroxylation is 1. The Morgan fingerprint density at radius 3 is 2.93 bits per heavy atom. The second-order valence-electron chi connectivity index (χ2n) is 2.86. The van der Waals surface area contributed by atoms with E-state index in [0.717, 1.165) is 5.52 Å². The normalized spacial score (nSPS) is 10.4. The van der Waals surface area contributed by atoms with Crippen LogP contribution in [0.5, 0.6) is 5.88 Å². The number of methoxy groups -OCH3 is 1. The molecule has 5 heteroatoms. The SMILES string of the molecule is COc1ccc2c(cnc(=O)n2C)n1. The molecule has 0 saturated heterocycles. The van der Waals surface area contributed by atoms with Crippen molar-refractivity contribution >= 4 is 11.0 Å². The van der Waals surface area contributed by atoms with Gasteiger partial charge in [0.2, 0.25) is 5.88 Å². The summed E-state index contributed by atoms with van der Waals surface area (Å²) in [5.41, 5.74) is 1.10. The number of hydrogen-bond acceptors (Lipinski definition) is 4. The Balaban J connectivity index is 2.81. The van der Waals surface area contributed by atoms with Gasteiger partial charge < -0.3 is 4.74 Å². The fourth-order valence-corrected chi connectivity index (χ4v) is 1.25. The van der Waals surface area contributed by atoms with E-state index in [1.807, 2.05) is 0 Å². The lowest BCUT2D eigenvalue weighted by Crippen LogP contribution is -2.19. The van der Waals surface area contributed by atoms with Gasteiger partial charge in [-0.1, -0.05) is 0 Å². The highest BCUT2D eigenvalue weighted by molar-refractivity contribution is 5.73. The highest BCUT2D eigenvalue weighted by Gasteiger charge is 2.02. The van der Waals surface area contributed by atoms with Gasteiger partial charge in [0.05, 0.1) is 18.8 Å². The number of aromatic nitrogens is 3. The second kappa shape index (κ2) is 3.10. The highest BCUT2D eigenvalue weighted by Crippen LogP contribution is 2.12. The maximum absolute atomic E-state index is 11.2. The minimum absolute atomic E-state index is 0.288. The topological polar surface area (TPSA) is 57.0 Å². The zero-order valence-electron chi connectivity index (χ0n) is 7.89. The van der Waals surface area contributed by atoms with E-state index < -0.39 is 0 Å². The minimum atomic E-state index is -0.288. The van der Waals surface area contributed by atoms with Gasteiger partial charge in [-0.05, 0) is 6.07 Å². The molecule has 0 saturated carbocycles. The van der Waals surface area contributed by atoms with Crippen LogP contribution in [-0.2, 0) is 7.05 Å². The van der Waals surface area contributed by atoms with Crippen LogP contribution in [0.25, 0.3) is 11.0 Å². The first-order valence-corrected chi connectivity index (χ1v) is 4.09. The van der Waals surface area contributed by atoms with Crippen LogP contribution >= 0.6 is 0 Å². The summed E-state index contributed by atoms with van der Waals surface area (Å²) in [5, 5.41) is 0. The van der Waals surface area contributed by atoms with E-state index in [1.54, 1.807) is 26.3 Å². The van der Waals surface area contributed by atoms with E-state index >= 15 is 0 Å². The zero-order chi connectivity index (χ0) is 10.1. The monoisotopic (exact) mass is 191 g/mol. The zero-order valence-corrected chi connectivity index (χ0v) is 7.89. The number of pyridine rings is 1. The van der Waals surface area contributed by atoms with Gasteiger partial charge >= 0.3 is 5.69 Å². The van der Waals surface area contributed by atoms with Crippen molar-refractivity contribution < 1.29 is 4.74 Å². The first kappa shape index (κ1) is 8.68. The van der Waals surface area contributed by atoms with Crippen LogP contribution in [-0.4, -0.2) is 21.6 Å². The fraction of sp³-hybridized carbons (Fsp3) is 0.222. The average molecular weight is 191 g/mol. The van der Waals surface area contributed by atoms with Crippen LogP contribution in [0.3, 0.4) is 0 Å². The Hall–Kier alpha value is -1.91. The quantitative estimate of drug-likeness (QED) is 0.652. The van der Waals surface area contributed by atoms with E-state index in [0.29, 0.717) is 11.4 Å². The van der Waals surface area contributed by atoms with Gasteiger partial charge in [0.15, 0.2) is 0 Å². The lowest BCUT2D eigenvalue weighted by molar-refractivity contribution is 0.399. The third-order valence-corrected chi connectivity index (χ3v) is 2.03. The molecule has 2 aromatic heterocycles. The third kappa shape index (κ3) is 1.22. The van der Waals surface area contributed by atoms with Crippen LogP contribution in [0.2, 0.25) is 0 Å². The van der Waals surface area contributed by atoms with Crippen molar-refractivity contribution in [2.75, 3.05) is 7.11 Å². The second-order valence-corrected chi connectivity index (χ2v) is 2.86. The smallest absolute Gasteiger partial charge is 0.347 e. The van der Waals surface area contributed by atoms with Gasteiger partial charge in [-0.2, -0.15) is 4.98 Å². The maximum Gasteiger partial charge on any atom is 0.347 e. The summed E-state index contributed by atoms with van der Waals surface area (Å²) in [5.74, 6) is 0.512. The number of fused-ring (bicyclic) bond motifs is 1. The Kier molecular flexibility index (Phi) is 1.92. The van der Waals surface area contributed by atoms with Crippen LogP contribution in [0.4, 0.5) is 0 Å². The first-order chi connectivity index (χ1) is 6.72. The third-order valence-electron chi connectivity index (χ3n) is 2.03. The van der Waals surface area contributed by atoms with Gasteiger partial charge in [0.1, 0.15) is 5.52 Å². The predicted molar refractivity (Wildman–Crippen MR) is 51.3 cm³/mol. The van der Waals surface area contributed by atoms with Crippen molar-refractivity contribution in [3.63, 3.8) is 0 Å². The summed E-state index contributed by atoms with van der Waals surface area (Å²) in [6.07, 6.45) is 1.44. The fourth-order valence-electron chi connectivity index (χ4n) is 1.25. The highest BCUT2D eigenvalue weighted by atomic mass is 16.5. The summed E-state index contributed by atoms with van der Waals surface area (Å²) in [7, 11) is 3.20. The van der Waals surface area contributed by atoms with Crippen LogP contribution < -0.4 is 10.4 Å². The molecule has 2 heterocycles. The Labute approximate surface area is 80.0 Å². The molecule has 0 aliphatic carbocycles. The maximum atomic E-state index is 11.2. The minimum Gasteiger partial charge on any atom is -0.481 e. The largest absolute Gasteiger partial charge is 0.481 e. The Morgan fingerprint density at radius 1 is 1.43 bits per heavy atom. The van der Waals surface area contributed by atoms with Gasteiger partial charge in [0.25, 0.3) is 0 Å². The summed E-state index contributed by atoms with van der Waals surface area (Å²) in [6, 6.07) is 3.49. The van der Waals surface area contributed by atoms with Crippen molar-refractivity contribution in [2.45, 2.75) is 0 Å². The molecule has 5 nitrogen and oxygen atoms in total. The van der Waals surface area contributed by atoms with Crippen molar-refractivity contribution in [1.82, 2.24) is 14.5 Å². The molecule has 0 radical (unpaired) electrons. The molecule has 0 bridgehead atoms. The molecule has 0 atom stereocenters. The number of hydrogen-bond donors (Lipinski definition) is 0. The summed E-state index contributed by atoms with van der Waals surface area (Å²) in [6.45, 7) is 0. The lowest BCUT2D eigenvalue weighted by atomic mass is 10.3. The molecule has 0 spiro atoms. The molecule has 72 valence electrons. The van der Waals surface area contributed by atoms with E-state index in [1.165, 1.54) is 10.8 Å². The Morgan fingerprint density at radius 2 is 2.21 bits per heavy atom. The van der Waals surface area contributed by atoms with Gasteiger partial charge in [0, 0.05) is 13.1 Å². The molecule has 0 aliphatic rings. The van der Waals surface area contributed by atoms with Gasteiger partial charge in [-0.15, -0.1) is 0 Å². The molecule has 0 fully saturated rings. The first-order valence-electron chi connectivity index (χ1n) is 4.09. The van der Waals surface area contributed by atoms with Gasteiger partial charge in [-0.3, -0.25) is 4.57 Å². The molecule has 0 N–H and O–H groups in total. The Bertz CT molecular complexity index is 533.